The smallest absolute Gasteiger partial charge is 0.260 e. The number of hydrogen-bond acceptors (Lipinski definition) is 3. The molecular weight excluding hydrogens is 324 g/mol. The van der Waals surface area contributed by atoms with Gasteiger partial charge in [-0.15, -0.1) is 0 Å². The molecule has 120 valence electrons. The maximum Gasteiger partial charge on any atom is 0.260 e. The lowest BCUT2D eigenvalue weighted by Gasteiger charge is -2.11. The normalized spacial score (nSPS) is 10.2. The summed E-state index contributed by atoms with van der Waals surface area (Å²) in [7, 11) is 0. The summed E-state index contributed by atoms with van der Waals surface area (Å²) >= 11 is 5.87. The van der Waals surface area contributed by atoms with Crippen molar-refractivity contribution >= 4 is 23.3 Å². The Morgan fingerprint density at radius 1 is 1.00 bits per heavy atom. The van der Waals surface area contributed by atoms with Gasteiger partial charge in [-0.3, -0.25) is 4.79 Å². The molecule has 0 radical (unpaired) electrons. The fourth-order valence-corrected chi connectivity index (χ4v) is 2.27. The van der Waals surface area contributed by atoms with E-state index >= 15 is 0 Å². The minimum absolute atomic E-state index is 0.264. The molecule has 0 spiro atoms. The van der Waals surface area contributed by atoms with Crippen LogP contribution in [0.15, 0.2) is 72.9 Å². The number of aromatic nitrogens is 1. The van der Waals surface area contributed by atoms with Gasteiger partial charge in [0.15, 0.2) is 0 Å². The topological polar surface area (TPSA) is 51.2 Å². The van der Waals surface area contributed by atoms with Crippen molar-refractivity contribution in [2.75, 3.05) is 5.32 Å². The van der Waals surface area contributed by atoms with Crippen LogP contribution >= 0.6 is 11.6 Å². The first kappa shape index (κ1) is 16.0. The zero-order valence-corrected chi connectivity index (χ0v) is 13.5. The van der Waals surface area contributed by atoms with Crippen LogP contribution in [-0.2, 0) is 6.61 Å². The summed E-state index contributed by atoms with van der Waals surface area (Å²) in [5.74, 6) is 0.747. The Bertz CT molecular complexity index is 820. The van der Waals surface area contributed by atoms with Crippen molar-refractivity contribution in [3.05, 3.63) is 89.1 Å². The molecule has 2 aromatic carbocycles. The maximum absolute atomic E-state index is 12.4. The van der Waals surface area contributed by atoms with E-state index in [1.165, 1.54) is 0 Å². The quantitative estimate of drug-likeness (QED) is 0.741. The van der Waals surface area contributed by atoms with Crippen LogP contribution in [0.25, 0.3) is 0 Å². The van der Waals surface area contributed by atoms with E-state index in [1.54, 1.807) is 48.7 Å². The van der Waals surface area contributed by atoms with Gasteiger partial charge in [-0.25, -0.2) is 4.98 Å². The summed E-state index contributed by atoms with van der Waals surface area (Å²) in [5, 5.41) is 3.43. The second kappa shape index (κ2) is 7.62. The number of rotatable bonds is 5. The van der Waals surface area contributed by atoms with Gasteiger partial charge >= 0.3 is 0 Å². The predicted molar refractivity (Wildman–Crippen MR) is 94.4 cm³/mol. The average molecular weight is 339 g/mol. The standard InChI is InChI=1S/C19H15ClN2O2/c20-15-10-8-14(9-11-15)13-24-17-6-2-1-5-16(17)19(23)22-18-7-3-4-12-21-18/h1-12H,13H2,(H,21,22,23). The molecule has 1 heterocycles. The molecular formula is C19H15ClN2O2. The minimum Gasteiger partial charge on any atom is -0.488 e. The summed E-state index contributed by atoms with van der Waals surface area (Å²) in [6, 6.07) is 19.8. The molecule has 1 aromatic heterocycles. The number of amides is 1. The lowest BCUT2D eigenvalue weighted by atomic mass is 10.2. The SMILES string of the molecule is O=C(Nc1ccccn1)c1ccccc1OCc1ccc(Cl)cc1. The summed E-state index contributed by atoms with van der Waals surface area (Å²) < 4.78 is 5.80. The van der Waals surface area contributed by atoms with Gasteiger partial charge in [0, 0.05) is 11.2 Å². The fraction of sp³-hybridized carbons (Fsp3) is 0.0526. The van der Waals surface area contributed by atoms with Crippen molar-refractivity contribution in [3.63, 3.8) is 0 Å². The van der Waals surface area contributed by atoms with Crippen LogP contribution < -0.4 is 10.1 Å². The van der Waals surface area contributed by atoms with Crippen LogP contribution in [0.2, 0.25) is 5.02 Å². The third-order valence-electron chi connectivity index (χ3n) is 3.35. The van der Waals surface area contributed by atoms with Gasteiger partial charge in [0.25, 0.3) is 5.91 Å². The van der Waals surface area contributed by atoms with Crippen LogP contribution in [-0.4, -0.2) is 10.9 Å². The number of para-hydroxylation sites is 1. The number of carbonyl (C=O) groups excluding carboxylic acids is 1. The van der Waals surface area contributed by atoms with Crippen LogP contribution in [0, 0.1) is 0 Å². The van der Waals surface area contributed by atoms with Gasteiger partial charge < -0.3 is 10.1 Å². The first-order chi connectivity index (χ1) is 11.7. The van der Waals surface area contributed by atoms with Crippen LogP contribution in [0.5, 0.6) is 5.75 Å². The highest BCUT2D eigenvalue weighted by molar-refractivity contribution is 6.30. The highest BCUT2D eigenvalue weighted by Crippen LogP contribution is 2.21. The number of hydrogen-bond donors (Lipinski definition) is 1. The van der Waals surface area contributed by atoms with Gasteiger partial charge in [0.05, 0.1) is 5.56 Å². The molecule has 24 heavy (non-hydrogen) atoms. The van der Waals surface area contributed by atoms with Crippen molar-refractivity contribution in [3.8, 4) is 5.75 Å². The molecule has 0 saturated carbocycles. The first-order valence-corrected chi connectivity index (χ1v) is 7.79. The Morgan fingerprint density at radius 3 is 2.50 bits per heavy atom. The summed E-state index contributed by atoms with van der Waals surface area (Å²) in [4.78, 5) is 16.5. The van der Waals surface area contributed by atoms with Gasteiger partial charge in [-0.2, -0.15) is 0 Å². The predicted octanol–water partition coefficient (Wildman–Crippen LogP) is 4.57. The highest BCUT2D eigenvalue weighted by Gasteiger charge is 2.12. The lowest BCUT2D eigenvalue weighted by molar-refractivity contribution is 0.102. The molecule has 3 aromatic rings. The summed E-state index contributed by atoms with van der Waals surface area (Å²) in [6.07, 6.45) is 1.62. The molecule has 0 fully saturated rings. The van der Waals surface area contributed by atoms with Crippen LogP contribution in [0.3, 0.4) is 0 Å². The van der Waals surface area contributed by atoms with E-state index < -0.39 is 0 Å². The largest absolute Gasteiger partial charge is 0.488 e. The number of nitrogens with one attached hydrogen (secondary N) is 1. The lowest BCUT2D eigenvalue weighted by Crippen LogP contribution is -2.14. The van der Waals surface area contributed by atoms with Crippen molar-refractivity contribution < 1.29 is 9.53 Å². The van der Waals surface area contributed by atoms with E-state index in [1.807, 2.05) is 24.3 Å². The maximum atomic E-state index is 12.4. The van der Waals surface area contributed by atoms with E-state index in [0.717, 1.165) is 5.56 Å². The van der Waals surface area contributed by atoms with Crippen molar-refractivity contribution in [2.45, 2.75) is 6.61 Å². The molecule has 0 unspecified atom stereocenters. The highest BCUT2D eigenvalue weighted by atomic mass is 35.5. The van der Waals surface area contributed by atoms with E-state index in [9.17, 15) is 4.79 Å². The molecule has 0 aliphatic rings. The molecule has 0 aliphatic heterocycles. The van der Waals surface area contributed by atoms with Crippen LogP contribution in [0.4, 0.5) is 5.82 Å². The Balaban J connectivity index is 1.72. The Morgan fingerprint density at radius 2 is 1.75 bits per heavy atom. The molecule has 5 heteroatoms. The van der Waals surface area contributed by atoms with Crippen molar-refractivity contribution in [1.82, 2.24) is 4.98 Å². The number of nitrogens with zero attached hydrogens (tertiary/aromatic N) is 1. The Hall–Kier alpha value is -2.85. The third kappa shape index (κ3) is 4.12. The second-order valence-corrected chi connectivity index (χ2v) is 5.52. The molecule has 1 N–H and O–H groups in total. The van der Waals surface area contributed by atoms with E-state index in [-0.39, 0.29) is 5.91 Å². The molecule has 0 saturated heterocycles. The fourth-order valence-electron chi connectivity index (χ4n) is 2.14. The van der Waals surface area contributed by atoms with Gasteiger partial charge in [-0.1, -0.05) is 41.9 Å². The minimum atomic E-state index is -0.264. The van der Waals surface area contributed by atoms with Gasteiger partial charge in [0.1, 0.15) is 18.2 Å². The zero-order valence-electron chi connectivity index (χ0n) is 12.8. The van der Waals surface area contributed by atoms with Gasteiger partial charge in [0.2, 0.25) is 0 Å². The van der Waals surface area contributed by atoms with E-state index in [2.05, 4.69) is 10.3 Å². The second-order valence-electron chi connectivity index (χ2n) is 5.08. The molecule has 3 rings (SSSR count). The van der Waals surface area contributed by atoms with Gasteiger partial charge in [-0.05, 0) is 42.0 Å². The average Bonchev–Trinajstić information content (AvgIpc) is 2.62. The molecule has 0 atom stereocenters. The molecule has 1 amide bonds. The molecule has 0 aliphatic carbocycles. The number of ether oxygens (including phenoxy) is 1. The Labute approximate surface area is 145 Å². The number of anilines is 1. The first-order valence-electron chi connectivity index (χ1n) is 7.41. The van der Waals surface area contributed by atoms with E-state index in [4.69, 9.17) is 16.3 Å². The van der Waals surface area contributed by atoms with Crippen molar-refractivity contribution in [1.29, 1.82) is 0 Å². The summed E-state index contributed by atoms with van der Waals surface area (Å²) in [5.41, 5.74) is 1.43. The number of halogens is 1. The van der Waals surface area contributed by atoms with E-state index in [0.29, 0.717) is 28.8 Å². The number of carbonyl (C=O) groups is 1. The Kier molecular flexibility index (Phi) is 5.08. The third-order valence-corrected chi connectivity index (χ3v) is 3.60. The van der Waals surface area contributed by atoms with Crippen LogP contribution in [0.1, 0.15) is 15.9 Å². The summed E-state index contributed by atoms with van der Waals surface area (Å²) in [6.45, 7) is 0.352. The molecule has 0 bridgehead atoms. The zero-order chi connectivity index (χ0) is 16.8. The number of benzene rings is 2. The molecule has 4 nitrogen and oxygen atoms in total. The number of pyridine rings is 1. The van der Waals surface area contributed by atoms with Crippen molar-refractivity contribution in [2.24, 2.45) is 0 Å². The monoisotopic (exact) mass is 338 g/mol.